The van der Waals surface area contributed by atoms with Gasteiger partial charge in [0.25, 0.3) is 0 Å². The van der Waals surface area contributed by atoms with Gasteiger partial charge in [0.1, 0.15) is 17.5 Å². The third-order valence-corrected chi connectivity index (χ3v) is 5.12. The smallest absolute Gasteiger partial charge is 0.138 e. The molecule has 1 aromatic carbocycles. The number of piperazine rings is 1. The van der Waals surface area contributed by atoms with Crippen LogP contribution < -0.4 is 9.80 Å². The van der Waals surface area contributed by atoms with Crippen LogP contribution in [0.15, 0.2) is 30.3 Å². The summed E-state index contributed by atoms with van der Waals surface area (Å²) in [6.45, 7) is 10.7. The Bertz CT molecular complexity index is 721. The van der Waals surface area contributed by atoms with Crippen LogP contribution in [0.3, 0.4) is 0 Å². The Labute approximate surface area is 143 Å². The van der Waals surface area contributed by atoms with E-state index >= 15 is 0 Å². The van der Waals surface area contributed by atoms with Crippen LogP contribution in [0.25, 0.3) is 0 Å². The van der Waals surface area contributed by atoms with Gasteiger partial charge in [-0.05, 0) is 31.5 Å². The maximum Gasteiger partial charge on any atom is 0.138 e. The standard InChI is InChI=1S/C19H25N5/c1-3-22-10-12-23(13-11-22)18-14-19(21-15(2)20-18)24-9-8-16-6-4-5-7-17(16)24/h4-7,14H,3,8-13H2,1-2H3. The molecule has 126 valence electrons. The molecular weight excluding hydrogens is 298 g/mol. The molecule has 2 aliphatic heterocycles. The van der Waals surface area contributed by atoms with Crippen LogP contribution in [0.1, 0.15) is 18.3 Å². The maximum absolute atomic E-state index is 4.72. The van der Waals surface area contributed by atoms with Crippen LogP contribution in [0, 0.1) is 6.92 Å². The Morgan fingerprint density at radius 3 is 2.50 bits per heavy atom. The Kier molecular flexibility index (Phi) is 4.10. The third kappa shape index (κ3) is 2.84. The van der Waals surface area contributed by atoms with E-state index in [1.54, 1.807) is 0 Å². The number of anilines is 3. The summed E-state index contributed by atoms with van der Waals surface area (Å²) in [5.41, 5.74) is 2.70. The van der Waals surface area contributed by atoms with Gasteiger partial charge in [-0.3, -0.25) is 0 Å². The van der Waals surface area contributed by atoms with Crippen molar-refractivity contribution in [1.82, 2.24) is 14.9 Å². The molecule has 1 saturated heterocycles. The monoisotopic (exact) mass is 323 g/mol. The van der Waals surface area contributed by atoms with E-state index < -0.39 is 0 Å². The first-order chi connectivity index (χ1) is 11.7. The largest absolute Gasteiger partial charge is 0.354 e. The number of nitrogens with zero attached hydrogens (tertiary/aromatic N) is 5. The van der Waals surface area contributed by atoms with Crippen LogP contribution in [-0.4, -0.2) is 54.1 Å². The highest BCUT2D eigenvalue weighted by Crippen LogP contribution is 2.34. The van der Waals surface area contributed by atoms with Gasteiger partial charge in [0.2, 0.25) is 0 Å². The van der Waals surface area contributed by atoms with Gasteiger partial charge in [-0.25, -0.2) is 9.97 Å². The normalized spacial score (nSPS) is 18.1. The van der Waals surface area contributed by atoms with Crippen molar-refractivity contribution in [1.29, 1.82) is 0 Å². The Balaban J connectivity index is 1.61. The lowest BCUT2D eigenvalue weighted by Crippen LogP contribution is -2.46. The number of hydrogen-bond acceptors (Lipinski definition) is 5. The van der Waals surface area contributed by atoms with Crippen molar-refractivity contribution >= 4 is 17.3 Å². The topological polar surface area (TPSA) is 35.5 Å². The number of aryl methyl sites for hydroxylation is 1. The van der Waals surface area contributed by atoms with E-state index in [9.17, 15) is 0 Å². The van der Waals surface area contributed by atoms with Gasteiger partial charge in [-0.2, -0.15) is 0 Å². The minimum absolute atomic E-state index is 0.852. The third-order valence-electron chi connectivity index (χ3n) is 5.12. The predicted molar refractivity (Wildman–Crippen MR) is 98.2 cm³/mol. The first-order valence-electron chi connectivity index (χ1n) is 8.93. The molecule has 24 heavy (non-hydrogen) atoms. The number of fused-ring (bicyclic) bond motifs is 1. The Morgan fingerprint density at radius 1 is 0.958 bits per heavy atom. The quantitative estimate of drug-likeness (QED) is 0.868. The second-order valence-corrected chi connectivity index (χ2v) is 6.58. The molecule has 2 aromatic rings. The van der Waals surface area contributed by atoms with E-state index in [2.05, 4.69) is 52.0 Å². The molecule has 0 N–H and O–H groups in total. The first-order valence-corrected chi connectivity index (χ1v) is 8.93. The molecule has 5 nitrogen and oxygen atoms in total. The molecular formula is C19H25N5. The lowest BCUT2D eigenvalue weighted by atomic mass is 10.2. The van der Waals surface area contributed by atoms with Gasteiger partial charge in [-0.1, -0.05) is 25.1 Å². The second kappa shape index (κ2) is 6.40. The van der Waals surface area contributed by atoms with Crippen molar-refractivity contribution < 1.29 is 0 Å². The molecule has 0 aliphatic carbocycles. The lowest BCUT2D eigenvalue weighted by molar-refractivity contribution is 0.270. The van der Waals surface area contributed by atoms with Crippen LogP contribution in [0.2, 0.25) is 0 Å². The average molecular weight is 323 g/mol. The molecule has 1 fully saturated rings. The molecule has 4 rings (SSSR count). The number of benzene rings is 1. The molecule has 1 aromatic heterocycles. The minimum atomic E-state index is 0.852. The Hall–Kier alpha value is -2.14. The lowest BCUT2D eigenvalue weighted by Gasteiger charge is -2.35. The van der Waals surface area contributed by atoms with Crippen LogP contribution in [-0.2, 0) is 6.42 Å². The summed E-state index contributed by atoms with van der Waals surface area (Å²) in [6, 6.07) is 10.8. The summed E-state index contributed by atoms with van der Waals surface area (Å²) in [4.78, 5) is 16.6. The molecule has 3 heterocycles. The number of likely N-dealkylation sites (N-methyl/N-ethyl adjacent to an activating group) is 1. The van der Waals surface area contributed by atoms with Crippen molar-refractivity contribution in [2.24, 2.45) is 0 Å². The van der Waals surface area contributed by atoms with Crippen LogP contribution in [0.4, 0.5) is 17.3 Å². The van der Waals surface area contributed by atoms with E-state index in [0.717, 1.165) is 63.1 Å². The van der Waals surface area contributed by atoms with E-state index in [1.165, 1.54) is 11.3 Å². The molecule has 0 unspecified atom stereocenters. The summed E-state index contributed by atoms with van der Waals surface area (Å²) in [6.07, 6.45) is 1.09. The zero-order valence-electron chi connectivity index (χ0n) is 14.6. The molecule has 0 amide bonds. The van der Waals surface area contributed by atoms with Crippen molar-refractivity contribution in [2.45, 2.75) is 20.3 Å². The van der Waals surface area contributed by atoms with E-state index in [1.807, 2.05) is 6.92 Å². The van der Waals surface area contributed by atoms with Crippen molar-refractivity contribution in [2.75, 3.05) is 49.1 Å². The zero-order chi connectivity index (χ0) is 16.5. The number of para-hydroxylation sites is 1. The SMILES string of the molecule is CCN1CCN(c2cc(N3CCc4ccccc43)nc(C)n2)CC1. The maximum atomic E-state index is 4.72. The first kappa shape index (κ1) is 15.4. The average Bonchev–Trinajstić information content (AvgIpc) is 3.05. The van der Waals surface area contributed by atoms with Crippen molar-refractivity contribution in [3.63, 3.8) is 0 Å². The van der Waals surface area contributed by atoms with E-state index in [4.69, 9.17) is 9.97 Å². The summed E-state index contributed by atoms with van der Waals surface area (Å²) in [7, 11) is 0. The highest BCUT2D eigenvalue weighted by atomic mass is 15.3. The molecule has 0 atom stereocenters. The molecule has 0 saturated carbocycles. The van der Waals surface area contributed by atoms with Gasteiger partial charge < -0.3 is 14.7 Å². The van der Waals surface area contributed by atoms with Gasteiger partial charge in [0, 0.05) is 44.5 Å². The molecule has 0 radical (unpaired) electrons. The predicted octanol–water partition coefficient (Wildman–Crippen LogP) is 2.62. The fourth-order valence-corrected chi connectivity index (χ4v) is 3.71. The van der Waals surface area contributed by atoms with Crippen LogP contribution >= 0.6 is 0 Å². The zero-order valence-corrected chi connectivity index (χ0v) is 14.6. The van der Waals surface area contributed by atoms with Crippen molar-refractivity contribution in [3.05, 3.63) is 41.7 Å². The fourth-order valence-electron chi connectivity index (χ4n) is 3.71. The number of hydrogen-bond donors (Lipinski definition) is 0. The second-order valence-electron chi connectivity index (χ2n) is 6.58. The highest BCUT2D eigenvalue weighted by Gasteiger charge is 2.23. The number of aromatic nitrogens is 2. The molecule has 0 bridgehead atoms. The van der Waals surface area contributed by atoms with Crippen molar-refractivity contribution in [3.8, 4) is 0 Å². The fraction of sp³-hybridized carbons (Fsp3) is 0.474. The van der Waals surface area contributed by atoms with Gasteiger partial charge in [-0.15, -0.1) is 0 Å². The molecule has 0 spiro atoms. The van der Waals surface area contributed by atoms with Gasteiger partial charge in [0.05, 0.1) is 0 Å². The number of rotatable bonds is 3. The van der Waals surface area contributed by atoms with E-state index in [-0.39, 0.29) is 0 Å². The summed E-state index contributed by atoms with van der Waals surface area (Å²) < 4.78 is 0. The van der Waals surface area contributed by atoms with Crippen LogP contribution in [0.5, 0.6) is 0 Å². The summed E-state index contributed by atoms with van der Waals surface area (Å²) in [5.74, 6) is 2.95. The van der Waals surface area contributed by atoms with E-state index in [0.29, 0.717) is 0 Å². The van der Waals surface area contributed by atoms with Gasteiger partial charge in [0.15, 0.2) is 0 Å². The molecule has 5 heteroatoms. The molecule has 2 aliphatic rings. The Morgan fingerprint density at radius 2 is 1.71 bits per heavy atom. The summed E-state index contributed by atoms with van der Waals surface area (Å²) >= 11 is 0. The van der Waals surface area contributed by atoms with Gasteiger partial charge >= 0.3 is 0 Å². The summed E-state index contributed by atoms with van der Waals surface area (Å²) in [5, 5.41) is 0. The highest BCUT2D eigenvalue weighted by molar-refractivity contribution is 5.69. The minimum Gasteiger partial charge on any atom is -0.354 e.